The van der Waals surface area contributed by atoms with E-state index in [2.05, 4.69) is 41.6 Å². The minimum Gasteiger partial charge on any atom is -0.469 e. The van der Waals surface area contributed by atoms with E-state index in [-0.39, 0.29) is 11.9 Å². The molecule has 0 spiro atoms. The van der Waals surface area contributed by atoms with Crippen molar-refractivity contribution in [2.24, 2.45) is 0 Å². The van der Waals surface area contributed by atoms with Crippen molar-refractivity contribution in [1.29, 1.82) is 0 Å². The maximum absolute atomic E-state index is 12.3. The second kappa shape index (κ2) is 9.41. The summed E-state index contributed by atoms with van der Waals surface area (Å²) in [6.07, 6.45) is 6.77. The van der Waals surface area contributed by atoms with Crippen molar-refractivity contribution in [1.82, 2.24) is 15.1 Å². The molecule has 1 amide bonds. The van der Waals surface area contributed by atoms with E-state index < -0.39 is 0 Å². The van der Waals surface area contributed by atoms with Gasteiger partial charge in [-0.3, -0.25) is 9.48 Å². The largest absolute Gasteiger partial charge is 0.469 e. The Bertz CT molecular complexity index is 966. The number of carbonyl (C=O) groups is 1. The Kier molecular flexibility index (Phi) is 6.70. The Morgan fingerprint density at radius 2 is 1.97 bits per heavy atom. The van der Waals surface area contributed by atoms with Crippen molar-refractivity contribution in [2.45, 2.75) is 53.1 Å². The molecule has 0 aliphatic carbocycles. The summed E-state index contributed by atoms with van der Waals surface area (Å²) >= 11 is 0. The number of amides is 1. The lowest BCUT2D eigenvalue weighted by Crippen LogP contribution is -2.31. The second-order valence-corrected chi connectivity index (χ2v) is 7.59. The number of furan rings is 1. The Morgan fingerprint density at radius 3 is 2.66 bits per heavy atom. The highest BCUT2D eigenvalue weighted by Crippen LogP contribution is 2.17. The van der Waals surface area contributed by atoms with E-state index in [1.807, 2.05) is 43.7 Å². The molecule has 5 nitrogen and oxygen atoms in total. The summed E-state index contributed by atoms with van der Waals surface area (Å²) in [7, 11) is 0. The molecule has 0 aliphatic heterocycles. The molecule has 1 unspecified atom stereocenters. The first-order valence-corrected chi connectivity index (χ1v) is 10.0. The molecule has 152 valence electrons. The highest BCUT2D eigenvalue weighted by molar-refractivity contribution is 5.92. The van der Waals surface area contributed by atoms with E-state index in [4.69, 9.17) is 4.42 Å². The topological polar surface area (TPSA) is 60.1 Å². The van der Waals surface area contributed by atoms with Crippen LogP contribution in [0.1, 0.15) is 47.2 Å². The SMILES string of the molecule is Cc1ccc(Cn2nc(C)c(/C=C/C(=O)NC(C)CCc3ccco3)c2C)cc1. The number of nitrogens with zero attached hydrogens (tertiary/aromatic N) is 2. The van der Waals surface area contributed by atoms with Gasteiger partial charge < -0.3 is 9.73 Å². The van der Waals surface area contributed by atoms with Crippen LogP contribution < -0.4 is 5.32 Å². The summed E-state index contributed by atoms with van der Waals surface area (Å²) in [6, 6.07) is 12.4. The van der Waals surface area contributed by atoms with Crippen LogP contribution in [0.5, 0.6) is 0 Å². The average molecular weight is 392 g/mol. The van der Waals surface area contributed by atoms with Crippen LogP contribution in [0.15, 0.2) is 53.2 Å². The van der Waals surface area contributed by atoms with Crippen LogP contribution in [0.25, 0.3) is 6.08 Å². The Morgan fingerprint density at radius 1 is 1.21 bits per heavy atom. The fourth-order valence-electron chi connectivity index (χ4n) is 3.31. The maximum Gasteiger partial charge on any atom is 0.244 e. The number of aryl methyl sites for hydroxylation is 3. The lowest BCUT2D eigenvalue weighted by Gasteiger charge is -2.11. The van der Waals surface area contributed by atoms with Gasteiger partial charge in [0.15, 0.2) is 0 Å². The standard InChI is InChI=1S/C24H29N3O2/c1-17-7-10-21(11-8-17)16-27-20(4)23(19(3)26-27)13-14-24(28)25-18(2)9-12-22-6-5-15-29-22/h5-8,10-11,13-15,18H,9,12,16H2,1-4H3,(H,25,28)/b14-13+. The molecule has 3 rings (SSSR count). The third kappa shape index (κ3) is 5.70. The number of carbonyl (C=O) groups excluding carboxylic acids is 1. The van der Waals surface area contributed by atoms with Gasteiger partial charge in [-0.1, -0.05) is 29.8 Å². The van der Waals surface area contributed by atoms with Gasteiger partial charge >= 0.3 is 0 Å². The first-order chi connectivity index (χ1) is 13.9. The maximum atomic E-state index is 12.3. The molecular weight excluding hydrogens is 362 g/mol. The Hall–Kier alpha value is -3.08. The van der Waals surface area contributed by atoms with Crippen LogP contribution in [0.4, 0.5) is 0 Å². The van der Waals surface area contributed by atoms with Crippen molar-refractivity contribution >= 4 is 12.0 Å². The zero-order chi connectivity index (χ0) is 20.8. The molecule has 29 heavy (non-hydrogen) atoms. The predicted molar refractivity (Wildman–Crippen MR) is 116 cm³/mol. The molecule has 5 heteroatoms. The third-order valence-corrected chi connectivity index (χ3v) is 5.08. The van der Waals surface area contributed by atoms with E-state index in [1.54, 1.807) is 12.3 Å². The molecule has 3 aromatic rings. The van der Waals surface area contributed by atoms with Crippen LogP contribution in [0, 0.1) is 20.8 Å². The van der Waals surface area contributed by atoms with E-state index in [1.165, 1.54) is 11.1 Å². The minimum atomic E-state index is -0.0953. The highest BCUT2D eigenvalue weighted by Gasteiger charge is 2.11. The van der Waals surface area contributed by atoms with Crippen molar-refractivity contribution in [3.8, 4) is 0 Å². The number of nitrogens with one attached hydrogen (secondary N) is 1. The molecule has 1 atom stereocenters. The van der Waals surface area contributed by atoms with Crippen LogP contribution in [0.3, 0.4) is 0 Å². The van der Waals surface area contributed by atoms with Crippen molar-refractivity contribution in [3.63, 3.8) is 0 Å². The second-order valence-electron chi connectivity index (χ2n) is 7.59. The Labute approximate surface area is 172 Å². The smallest absolute Gasteiger partial charge is 0.244 e. The number of benzene rings is 1. The summed E-state index contributed by atoms with van der Waals surface area (Å²) in [5, 5.41) is 7.66. The number of hydrogen-bond acceptors (Lipinski definition) is 3. The van der Waals surface area contributed by atoms with Crippen LogP contribution in [-0.2, 0) is 17.8 Å². The van der Waals surface area contributed by atoms with Gasteiger partial charge in [-0.2, -0.15) is 5.10 Å². The van der Waals surface area contributed by atoms with Gasteiger partial charge in [0.25, 0.3) is 0 Å². The lowest BCUT2D eigenvalue weighted by atomic mass is 10.1. The molecule has 0 radical (unpaired) electrons. The highest BCUT2D eigenvalue weighted by atomic mass is 16.3. The first kappa shape index (κ1) is 20.6. The zero-order valence-electron chi connectivity index (χ0n) is 17.6. The molecule has 0 bridgehead atoms. The predicted octanol–water partition coefficient (Wildman–Crippen LogP) is 4.60. The van der Waals surface area contributed by atoms with Crippen molar-refractivity contribution in [2.75, 3.05) is 0 Å². The normalized spacial score (nSPS) is 12.4. The van der Waals surface area contributed by atoms with E-state index >= 15 is 0 Å². The van der Waals surface area contributed by atoms with Gasteiger partial charge in [-0.25, -0.2) is 0 Å². The molecule has 0 aliphatic rings. The van der Waals surface area contributed by atoms with Gasteiger partial charge in [0.2, 0.25) is 5.91 Å². The lowest BCUT2D eigenvalue weighted by molar-refractivity contribution is -0.117. The van der Waals surface area contributed by atoms with Gasteiger partial charge in [0.1, 0.15) is 5.76 Å². The van der Waals surface area contributed by atoms with Crippen molar-refractivity contribution in [3.05, 3.63) is 82.6 Å². The Balaban J connectivity index is 1.58. The van der Waals surface area contributed by atoms with E-state index in [0.717, 1.165) is 42.1 Å². The molecule has 1 N–H and O–H groups in total. The zero-order valence-corrected chi connectivity index (χ0v) is 17.6. The molecule has 1 aromatic carbocycles. The monoisotopic (exact) mass is 391 g/mol. The van der Waals surface area contributed by atoms with Gasteiger partial charge in [-0.15, -0.1) is 0 Å². The van der Waals surface area contributed by atoms with Gasteiger partial charge in [0, 0.05) is 29.8 Å². The number of aromatic nitrogens is 2. The quantitative estimate of drug-likeness (QED) is 0.571. The molecular formula is C24H29N3O2. The third-order valence-electron chi connectivity index (χ3n) is 5.08. The van der Waals surface area contributed by atoms with Gasteiger partial charge in [-0.05, 0) is 57.9 Å². The molecule has 0 saturated heterocycles. The fraction of sp³-hybridized carbons (Fsp3) is 0.333. The van der Waals surface area contributed by atoms with Gasteiger partial charge in [0.05, 0.1) is 18.5 Å². The number of rotatable bonds is 8. The summed E-state index contributed by atoms with van der Waals surface area (Å²) in [4.78, 5) is 12.3. The molecule has 2 aromatic heterocycles. The summed E-state index contributed by atoms with van der Waals surface area (Å²) in [5.41, 5.74) is 5.42. The average Bonchev–Trinajstić information content (AvgIpc) is 3.29. The van der Waals surface area contributed by atoms with Crippen LogP contribution in [-0.4, -0.2) is 21.7 Å². The van der Waals surface area contributed by atoms with E-state index in [0.29, 0.717) is 0 Å². The molecule has 2 heterocycles. The van der Waals surface area contributed by atoms with Crippen molar-refractivity contribution < 1.29 is 9.21 Å². The minimum absolute atomic E-state index is 0.0729. The van der Waals surface area contributed by atoms with Crippen LogP contribution in [0.2, 0.25) is 0 Å². The van der Waals surface area contributed by atoms with E-state index in [9.17, 15) is 4.79 Å². The summed E-state index contributed by atoms with van der Waals surface area (Å²) in [6.45, 7) is 8.82. The summed E-state index contributed by atoms with van der Waals surface area (Å²) in [5.74, 6) is 0.843. The number of hydrogen-bond donors (Lipinski definition) is 1. The summed E-state index contributed by atoms with van der Waals surface area (Å²) < 4.78 is 7.32. The fourth-order valence-corrected chi connectivity index (χ4v) is 3.31. The molecule has 0 fully saturated rings. The first-order valence-electron chi connectivity index (χ1n) is 10.0. The molecule has 0 saturated carbocycles. The van der Waals surface area contributed by atoms with Crippen LogP contribution >= 0.6 is 0 Å².